The third kappa shape index (κ3) is 5.69. The molecule has 188 valence electrons. The molecule has 36 heavy (non-hydrogen) atoms. The minimum Gasteiger partial charge on any atom is -0.352 e. The van der Waals surface area contributed by atoms with Gasteiger partial charge in [-0.05, 0) is 53.9 Å². The van der Waals surface area contributed by atoms with E-state index < -0.39 is 35.3 Å². The summed E-state index contributed by atoms with van der Waals surface area (Å²) in [5.41, 5.74) is 0.857. The molecule has 4 aromatic rings. The van der Waals surface area contributed by atoms with Crippen molar-refractivity contribution in [2.45, 2.75) is 38.2 Å². The van der Waals surface area contributed by atoms with E-state index in [2.05, 4.69) is 10.3 Å². The van der Waals surface area contributed by atoms with E-state index in [1.807, 2.05) is 13.0 Å². The van der Waals surface area contributed by atoms with E-state index in [4.69, 9.17) is 0 Å². The zero-order chi connectivity index (χ0) is 26.1. The summed E-state index contributed by atoms with van der Waals surface area (Å²) in [7, 11) is 0. The highest BCUT2D eigenvalue weighted by Gasteiger charge is 2.32. The number of hydrogen-bond acceptors (Lipinski definition) is 2. The fraction of sp³-hybridized carbons (Fsp3) is 0.231. The van der Waals surface area contributed by atoms with Crippen molar-refractivity contribution in [3.63, 3.8) is 0 Å². The van der Waals surface area contributed by atoms with Crippen molar-refractivity contribution < 1.29 is 31.1 Å². The summed E-state index contributed by atoms with van der Waals surface area (Å²) in [4.78, 5) is 17.2. The van der Waals surface area contributed by atoms with Crippen LogP contribution in [0, 0.1) is 6.92 Å². The Morgan fingerprint density at radius 1 is 0.944 bits per heavy atom. The molecule has 10 heteroatoms. The first-order chi connectivity index (χ1) is 16.9. The molecule has 1 amide bonds. The van der Waals surface area contributed by atoms with E-state index in [-0.39, 0.29) is 24.1 Å². The standard InChI is InChI=1S/C26H21F6N3O/c1-16-8-9-35-22(15-33-23(35)10-16)21(18-5-3-7-20(12-18)26(30,31)32)13-24(36)34-14-17-4-2-6-19(11-17)25(27,28)29/h2-12,15,21H,13-14H2,1H3,(H,34,36). The molecule has 1 N–H and O–H groups in total. The number of nitrogens with zero attached hydrogens (tertiary/aromatic N) is 2. The normalized spacial score (nSPS) is 13.1. The molecular weight excluding hydrogens is 484 g/mol. The van der Waals surface area contributed by atoms with Crippen LogP contribution < -0.4 is 5.32 Å². The molecule has 4 rings (SSSR count). The van der Waals surface area contributed by atoms with Crippen LogP contribution in [0.25, 0.3) is 5.65 Å². The molecule has 0 aliphatic heterocycles. The van der Waals surface area contributed by atoms with Crippen molar-refractivity contribution >= 4 is 11.6 Å². The van der Waals surface area contributed by atoms with Crippen LogP contribution in [0.1, 0.15) is 45.8 Å². The number of nitrogens with one attached hydrogen (secondary N) is 1. The molecule has 0 aliphatic carbocycles. The van der Waals surface area contributed by atoms with E-state index in [9.17, 15) is 31.1 Å². The summed E-state index contributed by atoms with van der Waals surface area (Å²) >= 11 is 0. The summed E-state index contributed by atoms with van der Waals surface area (Å²) < 4.78 is 80.8. The molecule has 1 atom stereocenters. The fourth-order valence-corrected chi connectivity index (χ4v) is 4.00. The van der Waals surface area contributed by atoms with Crippen molar-refractivity contribution in [2.75, 3.05) is 0 Å². The number of benzene rings is 2. The minimum atomic E-state index is -4.57. The van der Waals surface area contributed by atoms with Gasteiger partial charge < -0.3 is 9.72 Å². The van der Waals surface area contributed by atoms with Crippen LogP contribution in [0.5, 0.6) is 0 Å². The Bertz CT molecular complexity index is 1390. The molecule has 4 nitrogen and oxygen atoms in total. The number of aryl methyl sites for hydroxylation is 1. The second-order valence-corrected chi connectivity index (χ2v) is 8.47. The van der Waals surface area contributed by atoms with Crippen LogP contribution in [-0.2, 0) is 23.7 Å². The zero-order valence-electron chi connectivity index (χ0n) is 19.0. The minimum absolute atomic E-state index is 0.162. The Labute approximate surface area is 202 Å². The van der Waals surface area contributed by atoms with E-state index in [1.165, 1.54) is 30.5 Å². The lowest BCUT2D eigenvalue weighted by molar-refractivity contribution is -0.138. The van der Waals surface area contributed by atoms with Gasteiger partial charge in [-0.15, -0.1) is 0 Å². The number of carbonyl (C=O) groups is 1. The van der Waals surface area contributed by atoms with Gasteiger partial charge in [-0.25, -0.2) is 4.98 Å². The Hall–Kier alpha value is -3.82. The van der Waals surface area contributed by atoms with Gasteiger partial charge in [0.2, 0.25) is 5.91 Å². The molecule has 1 unspecified atom stereocenters. The van der Waals surface area contributed by atoms with Gasteiger partial charge in [-0.2, -0.15) is 26.3 Å². The Kier molecular flexibility index (Phi) is 6.79. The van der Waals surface area contributed by atoms with Crippen molar-refractivity contribution in [3.8, 4) is 0 Å². The molecule has 0 saturated carbocycles. The largest absolute Gasteiger partial charge is 0.416 e. The lowest BCUT2D eigenvalue weighted by atomic mass is 9.91. The van der Waals surface area contributed by atoms with Gasteiger partial charge in [0.25, 0.3) is 0 Å². The molecule has 0 aliphatic rings. The van der Waals surface area contributed by atoms with E-state index in [0.29, 0.717) is 11.3 Å². The van der Waals surface area contributed by atoms with Gasteiger partial charge in [0.1, 0.15) is 5.65 Å². The predicted octanol–water partition coefficient (Wildman–Crippen LogP) is 6.52. The SMILES string of the molecule is Cc1ccn2c(C(CC(=O)NCc3cccc(C(F)(F)F)c3)c3cccc(C(F)(F)F)c3)cnc2c1. The Morgan fingerprint density at radius 3 is 2.31 bits per heavy atom. The number of pyridine rings is 1. The first kappa shape index (κ1) is 25.3. The Morgan fingerprint density at radius 2 is 1.61 bits per heavy atom. The summed E-state index contributed by atoms with van der Waals surface area (Å²) in [6.07, 6.45) is -6.07. The van der Waals surface area contributed by atoms with Crippen molar-refractivity contribution in [1.29, 1.82) is 0 Å². The lowest BCUT2D eigenvalue weighted by Crippen LogP contribution is -2.25. The van der Waals surface area contributed by atoms with Crippen LogP contribution >= 0.6 is 0 Å². The van der Waals surface area contributed by atoms with E-state index in [0.717, 1.165) is 29.8 Å². The number of alkyl halides is 6. The van der Waals surface area contributed by atoms with Gasteiger partial charge >= 0.3 is 12.4 Å². The van der Waals surface area contributed by atoms with Crippen LogP contribution in [0.2, 0.25) is 0 Å². The summed E-state index contributed by atoms with van der Waals surface area (Å²) in [6, 6.07) is 12.9. The van der Waals surface area contributed by atoms with Crippen molar-refractivity contribution in [2.24, 2.45) is 0 Å². The predicted molar refractivity (Wildman–Crippen MR) is 121 cm³/mol. The topological polar surface area (TPSA) is 46.4 Å². The first-order valence-electron chi connectivity index (χ1n) is 11.0. The molecular formula is C26H21F6N3O. The first-order valence-corrected chi connectivity index (χ1v) is 11.0. The van der Waals surface area contributed by atoms with Crippen LogP contribution in [0.15, 0.2) is 73.1 Å². The number of amides is 1. The zero-order valence-corrected chi connectivity index (χ0v) is 19.0. The highest BCUT2D eigenvalue weighted by atomic mass is 19.4. The van der Waals surface area contributed by atoms with E-state index in [1.54, 1.807) is 16.7 Å². The van der Waals surface area contributed by atoms with Crippen LogP contribution in [-0.4, -0.2) is 15.3 Å². The molecule has 0 bridgehead atoms. The smallest absolute Gasteiger partial charge is 0.352 e. The number of aromatic nitrogens is 2. The van der Waals surface area contributed by atoms with E-state index >= 15 is 0 Å². The maximum atomic E-state index is 13.4. The number of hydrogen-bond donors (Lipinski definition) is 1. The van der Waals surface area contributed by atoms with Crippen LogP contribution in [0.4, 0.5) is 26.3 Å². The summed E-state index contributed by atoms with van der Waals surface area (Å²) in [6.45, 7) is 1.71. The average molecular weight is 505 g/mol. The highest BCUT2D eigenvalue weighted by molar-refractivity contribution is 5.77. The number of fused-ring (bicyclic) bond motifs is 1. The maximum absolute atomic E-state index is 13.4. The summed E-state index contributed by atoms with van der Waals surface area (Å²) in [5.74, 6) is -1.32. The molecule has 0 radical (unpaired) electrons. The van der Waals surface area contributed by atoms with Crippen molar-refractivity contribution in [3.05, 3.63) is 107 Å². The Balaban J connectivity index is 1.63. The number of imidazole rings is 1. The summed E-state index contributed by atoms with van der Waals surface area (Å²) in [5, 5.41) is 2.58. The molecule has 2 heterocycles. The lowest BCUT2D eigenvalue weighted by Gasteiger charge is -2.19. The monoisotopic (exact) mass is 505 g/mol. The molecule has 2 aromatic carbocycles. The van der Waals surface area contributed by atoms with Crippen molar-refractivity contribution in [1.82, 2.24) is 14.7 Å². The van der Waals surface area contributed by atoms with Gasteiger partial charge in [-0.3, -0.25) is 4.79 Å². The third-order valence-corrected chi connectivity index (χ3v) is 5.80. The quantitative estimate of drug-likeness (QED) is 0.304. The highest BCUT2D eigenvalue weighted by Crippen LogP contribution is 2.35. The second-order valence-electron chi connectivity index (χ2n) is 8.47. The number of halogens is 6. The molecule has 2 aromatic heterocycles. The fourth-order valence-electron chi connectivity index (χ4n) is 4.00. The maximum Gasteiger partial charge on any atom is 0.416 e. The average Bonchev–Trinajstić information content (AvgIpc) is 3.23. The van der Waals surface area contributed by atoms with Gasteiger partial charge in [0.15, 0.2) is 0 Å². The molecule has 0 fully saturated rings. The number of rotatable bonds is 6. The van der Waals surface area contributed by atoms with Gasteiger partial charge in [-0.1, -0.05) is 30.3 Å². The number of carbonyl (C=O) groups excluding carboxylic acids is 1. The van der Waals surface area contributed by atoms with Gasteiger partial charge in [0, 0.05) is 31.3 Å². The molecule has 0 saturated heterocycles. The second kappa shape index (κ2) is 9.67. The van der Waals surface area contributed by atoms with Crippen LogP contribution in [0.3, 0.4) is 0 Å². The molecule has 0 spiro atoms. The third-order valence-electron chi connectivity index (χ3n) is 5.80. The van der Waals surface area contributed by atoms with Gasteiger partial charge in [0.05, 0.1) is 16.8 Å².